The Bertz CT molecular complexity index is 816. The number of aromatic amines is 1. The van der Waals surface area contributed by atoms with E-state index in [1.54, 1.807) is 21.3 Å². The number of hydrogen-bond acceptors (Lipinski definition) is 3. The Morgan fingerprint density at radius 3 is 2.17 bits per heavy atom. The molecule has 1 aromatic heterocycles. The Kier molecular flexibility index (Phi) is 4.51. The minimum absolute atomic E-state index is 0.135. The summed E-state index contributed by atoms with van der Waals surface area (Å²) in [6.45, 7) is 2.12. The van der Waals surface area contributed by atoms with Crippen LogP contribution in [0.1, 0.15) is 5.69 Å². The molecule has 0 fully saturated rings. The zero-order valence-electron chi connectivity index (χ0n) is 13.6. The van der Waals surface area contributed by atoms with Crippen molar-refractivity contribution in [3.63, 3.8) is 0 Å². The summed E-state index contributed by atoms with van der Waals surface area (Å²) in [5, 5.41) is 1.28. The van der Waals surface area contributed by atoms with E-state index < -0.39 is 0 Å². The predicted molar refractivity (Wildman–Crippen MR) is 94.2 cm³/mol. The number of aryl methyl sites for hydroxylation is 1. The summed E-state index contributed by atoms with van der Waals surface area (Å²) in [7, 11) is 4.91. The van der Waals surface area contributed by atoms with Crippen molar-refractivity contribution in [3.05, 3.63) is 42.1 Å². The number of methoxy groups -OCH3 is 3. The molecule has 0 atom stereocenters. The number of aromatic nitrogens is 1. The molecule has 0 unspecified atom stereocenters. The molecule has 0 saturated carbocycles. The van der Waals surface area contributed by atoms with Crippen molar-refractivity contribution in [1.29, 1.82) is 0 Å². The molecule has 3 rings (SSSR count). The maximum absolute atomic E-state index is 5.45. The molecule has 0 amide bonds. The summed E-state index contributed by atoms with van der Waals surface area (Å²) in [6.07, 6.45) is 0. The average molecular weight is 376 g/mol. The molecular formula is C18H19NO3Se. The summed E-state index contributed by atoms with van der Waals surface area (Å²) in [6, 6.07) is 12.5. The van der Waals surface area contributed by atoms with Gasteiger partial charge in [-0.15, -0.1) is 0 Å². The van der Waals surface area contributed by atoms with Gasteiger partial charge in [0.05, 0.1) is 0 Å². The zero-order valence-corrected chi connectivity index (χ0v) is 15.3. The van der Waals surface area contributed by atoms with Gasteiger partial charge in [-0.05, 0) is 0 Å². The van der Waals surface area contributed by atoms with E-state index in [1.165, 1.54) is 25.5 Å². The van der Waals surface area contributed by atoms with E-state index in [2.05, 4.69) is 36.2 Å². The van der Waals surface area contributed by atoms with Crippen LogP contribution in [0.25, 0.3) is 10.9 Å². The number of ether oxygens (including phenoxy) is 3. The third-order valence-electron chi connectivity index (χ3n) is 3.69. The monoisotopic (exact) mass is 377 g/mol. The first-order chi connectivity index (χ1) is 11.2. The van der Waals surface area contributed by atoms with Crippen LogP contribution in [-0.4, -0.2) is 41.3 Å². The van der Waals surface area contributed by atoms with Gasteiger partial charge in [0.15, 0.2) is 0 Å². The van der Waals surface area contributed by atoms with E-state index in [0.29, 0.717) is 17.2 Å². The maximum atomic E-state index is 5.45. The molecule has 0 aliphatic rings. The van der Waals surface area contributed by atoms with E-state index in [4.69, 9.17) is 14.2 Å². The first-order valence-electron chi connectivity index (χ1n) is 7.23. The summed E-state index contributed by atoms with van der Waals surface area (Å²) in [4.78, 5) is 3.46. The quantitative estimate of drug-likeness (QED) is 0.694. The molecule has 0 bridgehead atoms. The van der Waals surface area contributed by atoms with Gasteiger partial charge in [-0.3, -0.25) is 0 Å². The van der Waals surface area contributed by atoms with Crippen LogP contribution in [0, 0.1) is 6.92 Å². The summed E-state index contributed by atoms with van der Waals surface area (Å²) < 4.78 is 18.8. The summed E-state index contributed by atoms with van der Waals surface area (Å²) >= 11 is 0.135. The van der Waals surface area contributed by atoms with Crippen LogP contribution < -0.4 is 23.1 Å². The van der Waals surface area contributed by atoms with E-state index in [1.807, 2.05) is 12.1 Å². The fraction of sp³-hybridized carbons (Fsp3) is 0.222. The Labute approximate surface area is 141 Å². The second-order valence-electron chi connectivity index (χ2n) is 5.09. The van der Waals surface area contributed by atoms with Gasteiger partial charge < -0.3 is 0 Å². The van der Waals surface area contributed by atoms with Gasteiger partial charge in [0.25, 0.3) is 0 Å². The number of nitrogens with one attached hydrogen (secondary N) is 1. The second kappa shape index (κ2) is 6.57. The van der Waals surface area contributed by atoms with Crippen molar-refractivity contribution in [1.82, 2.24) is 4.98 Å². The van der Waals surface area contributed by atoms with Gasteiger partial charge >= 0.3 is 142 Å². The molecule has 120 valence electrons. The number of fused-ring (bicyclic) bond motifs is 1. The molecule has 5 heteroatoms. The summed E-state index contributed by atoms with van der Waals surface area (Å²) in [5.41, 5.74) is 2.38. The van der Waals surface area contributed by atoms with Gasteiger partial charge in [-0.2, -0.15) is 0 Å². The van der Waals surface area contributed by atoms with Crippen LogP contribution in [-0.2, 0) is 0 Å². The molecule has 1 N–H and O–H groups in total. The van der Waals surface area contributed by atoms with Crippen molar-refractivity contribution in [2.24, 2.45) is 0 Å². The van der Waals surface area contributed by atoms with E-state index in [-0.39, 0.29) is 15.0 Å². The molecule has 23 heavy (non-hydrogen) atoms. The minimum atomic E-state index is 0.135. The van der Waals surface area contributed by atoms with Crippen LogP contribution in [0.2, 0.25) is 0 Å². The van der Waals surface area contributed by atoms with Gasteiger partial charge in [-0.25, -0.2) is 0 Å². The Morgan fingerprint density at radius 1 is 0.913 bits per heavy atom. The molecule has 3 aromatic rings. The zero-order chi connectivity index (χ0) is 16.4. The van der Waals surface area contributed by atoms with E-state index >= 15 is 0 Å². The number of H-pyrrole nitrogens is 1. The molecule has 2 aromatic carbocycles. The Balaban J connectivity index is 2.07. The van der Waals surface area contributed by atoms with Gasteiger partial charge in [0.2, 0.25) is 0 Å². The molecule has 0 saturated heterocycles. The van der Waals surface area contributed by atoms with Crippen LogP contribution in [0.15, 0.2) is 36.4 Å². The third-order valence-corrected chi connectivity index (χ3v) is 6.21. The van der Waals surface area contributed by atoms with Crippen LogP contribution >= 0.6 is 0 Å². The first-order valence-corrected chi connectivity index (χ1v) is 8.94. The van der Waals surface area contributed by atoms with Crippen molar-refractivity contribution >= 4 is 34.8 Å². The van der Waals surface area contributed by atoms with Crippen molar-refractivity contribution in [2.75, 3.05) is 21.3 Å². The molecule has 4 nitrogen and oxygen atoms in total. The number of para-hydroxylation sites is 1. The van der Waals surface area contributed by atoms with E-state index in [0.717, 1.165) is 0 Å². The van der Waals surface area contributed by atoms with Crippen molar-refractivity contribution < 1.29 is 14.2 Å². The predicted octanol–water partition coefficient (Wildman–Crippen LogP) is 2.16. The standard InChI is InChI=1S/C18H19NO3Se/c1-11-18(13-7-5-6-8-14(13)19-11)23-12-9-15(20-2)17(22-4)16(10-12)21-3/h5-10,19H,1-4H3. The average Bonchev–Trinajstić information content (AvgIpc) is 2.89. The topological polar surface area (TPSA) is 43.5 Å². The Hall–Kier alpha value is -2.10. The SMILES string of the molecule is COc1cc([Se]c2c(C)[nH]c3ccccc23)cc(OC)c1OC. The van der Waals surface area contributed by atoms with Gasteiger partial charge in [-0.1, -0.05) is 0 Å². The van der Waals surface area contributed by atoms with E-state index in [9.17, 15) is 0 Å². The molecule has 0 radical (unpaired) electrons. The molecule has 0 aliphatic carbocycles. The number of benzene rings is 2. The molecular weight excluding hydrogens is 357 g/mol. The van der Waals surface area contributed by atoms with Crippen molar-refractivity contribution in [3.8, 4) is 17.2 Å². The van der Waals surface area contributed by atoms with Crippen molar-refractivity contribution in [2.45, 2.75) is 6.92 Å². The normalized spacial score (nSPS) is 10.8. The number of hydrogen-bond donors (Lipinski definition) is 1. The van der Waals surface area contributed by atoms with Crippen LogP contribution in [0.3, 0.4) is 0 Å². The molecule has 0 spiro atoms. The second-order valence-corrected chi connectivity index (χ2v) is 7.36. The van der Waals surface area contributed by atoms with Crippen LogP contribution in [0.5, 0.6) is 17.2 Å². The third kappa shape index (κ3) is 2.90. The van der Waals surface area contributed by atoms with Gasteiger partial charge in [0.1, 0.15) is 0 Å². The van der Waals surface area contributed by atoms with Gasteiger partial charge in [0, 0.05) is 0 Å². The fourth-order valence-electron chi connectivity index (χ4n) is 2.62. The molecule has 0 aliphatic heterocycles. The first kappa shape index (κ1) is 15.8. The molecule has 1 heterocycles. The Morgan fingerprint density at radius 2 is 1.57 bits per heavy atom. The summed E-state index contributed by atoms with van der Waals surface area (Å²) in [5.74, 6) is 2.02. The number of rotatable bonds is 5. The fourth-order valence-corrected chi connectivity index (χ4v) is 4.84. The van der Waals surface area contributed by atoms with Crippen LogP contribution in [0.4, 0.5) is 0 Å².